The lowest BCUT2D eigenvalue weighted by atomic mass is 9.68. The minimum Gasteiger partial charge on any atom is -0.310 e. The van der Waals surface area contributed by atoms with E-state index in [1.807, 2.05) is 0 Å². The lowest BCUT2D eigenvalue weighted by Crippen LogP contribution is -2.29. The van der Waals surface area contributed by atoms with Gasteiger partial charge in [-0.15, -0.1) is 0 Å². The van der Waals surface area contributed by atoms with Crippen molar-refractivity contribution in [3.05, 3.63) is 213 Å². The van der Waals surface area contributed by atoms with Crippen LogP contribution in [0, 0.1) is 6.92 Å². The van der Waals surface area contributed by atoms with Crippen LogP contribution in [0.15, 0.2) is 163 Å². The van der Waals surface area contributed by atoms with Gasteiger partial charge in [0.2, 0.25) is 0 Å². The molecule has 0 saturated carbocycles. The van der Waals surface area contributed by atoms with Gasteiger partial charge in [-0.05, 0) is 141 Å². The van der Waals surface area contributed by atoms with Gasteiger partial charge in [-0.2, -0.15) is 0 Å². The first-order chi connectivity index (χ1) is 28.5. The van der Waals surface area contributed by atoms with E-state index >= 15 is 0 Å². The molecule has 0 saturated heterocycles. The highest BCUT2D eigenvalue weighted by Gasteiger charge is 2.54. The topological polar surface area (TPSA) is 3.24 Å². The van der Waals surface area contributed by atoms with Crippen molar-refractivity contribution < 1.29 is 0 Å². The van der Waals surface area contributed by atoms with Gasteiger partial charge in [0.1, 0.15) is 0 Å². The second kappa shape index (κ2) is 12.4. The van der Waals surface area contributed by atoms with E-state index in [9.17, 15) is 0 Å². The fourth-order valence-corrected chi connectivity index (χ4v) is 11.8. The largest absolute Gasteiger partial charge is 0.310 e. The molecule has 1 nitrogen and oxygen atoms in total. The molecule has 4 aliphatic rings. The van der Waals surface area contributed by atoms with Gasteiger partial charge in [-0.1, -0.05) is 167 Å². The van der Waals surface area contributed by atoms with Gasteiger partial charge in [-0.25, -0.2) is 0 Å². The Balaban J connectivity index is 1.25. The van der Waals surface area contributed by atoms with E-state index in [0.29, 0.717) is 0 Å². The molecule has 1 heteroatoms. The summed E-state index contributed by atoms with van der Waals surface area (Å²) in [6.07, 6.45) is 3.46. The number of hydrogen-bond donors (Lipinski definition) is 0. The summed E-state index contributed by atoms with van der Waals surface area (Å²) < 4.78 is 0. The van der Waals surface area contributed by atoms with Crippen LogP contribution in [0.1, 0.15) is 105 Å². The van der Waals surface area contributed by atoms with Crippen LogP contribution in [0.4, 0.5) is 17.1 Å². The number of hydrogen-bond acceptors (Lipinski definition) is 1. The third-order valence-corrected chi connectivity index (χ3v) is 14.4. The Hall–Kier alpha value is -6.18. The van der Waals surface area contributed by atoms with Gasteiger partial charge in [0, 0.05) is 27.8 Å². The van der Waals surface area contributed by atoms with Crippen LogP contribution < -0.4 is 4.90 Å². The Morgan fingerprint density at radius 3 is 1.54 bits per heavy atom. The van der Waals surface area contributed by atoms with E-state index in [0.717, 1.165) is 6.42 Å². The summed E-state index contributed by atoms with van der Waals surface area (Å²) in [5, 5.41) is 0. The predicted molar refractivity (Wildman–Crippen MR) is 249 cm³/mol. The third kappa shape index (κ3) is 4.68. The van der Waals surface area contributed by atoms with E-state index in [2.05, 4.69) is 212 Å². The number of anilines is 3. The van der Waals surface area contributed by atoms with E-state index in [1.165, 1.54) is 117 Å². The van der Waals surface area contributed by atoms with Gasteiger partial charge in [0.25, 0.3) is 0 Å². The number of fused-ring (bicyclic) bond motifs is 13. The van der Waals surface area contributed by atoms with E-state index in [4.69, 9.17) is 0 Å². The summed E-state index contributed by atoms with van der Waals surface area (Å²) >= 11 is 0. The van der Waals surface area contributed by atoms with Crippen molar-refractivity contribution in [3.63, 3.8) is 0 Å². The van der Waals surface area contributed by atoms with E-state index < -0.39 is 5.41 Å². The molecule has 11 rings (SSSR count). The molecule has 1 atom stereocenters. The van der Waals surface area contributed by atoms with Crippen LogP contribution in [0.25, 0.3) is 39.0 Å². The smallest absolute Gasteiger partial charge is 0.0742 e. The summed E-state index contributed by atoms with van der Waals surface area (Å²) in [7, 11) is 0. The van der Waals surface area contributed by atoms with Crippen molar-refractivity contribution in [3.8, 4) is 33.4 Å². The maximum atomic E-state index is 2.62. The molecular weight excluding hydrogens is 711 g/mol. The highest BCUT2D eigenvalue weighted by Crippen LogP contribution is 2.66. The van der Waals surface area contributed by atoms with Crippen molar-refractivity contribution in [2.24, 2.45) is 0 Å². The normalized spacial score (nSPS) is 17.8. The van der Waals surface area contributed by atoms with Crippen LogP contribution in [-0.4, -0.2) is 0 Å². The van der Waals surface area contributed by atoms with E-state index in [1.54, 1.807) is 0 Å². The van der Waals surface area contributed by atoms with Crippen molar-refractivity contribution in [1.29, 1.82) is 0 Å². The van der Waals surface area contributed by atoms with Gasteiger partial charge in [-0.3, -0.25) is 0 Å². The number of rotatable bonds is 5. The number of benzene rings is 7. The van der Waals surface area contributed by atoms with Gasteiger partial charge >= 0.3 is 0 Å². The lowest BCUT2D eigenvalue weighted by Gasteiger charge is -2.37. The Kier molecular flexibility index (Phi) is 7.56. The lowest BCUT2D eigenvalue weighted by molar-refractivity contribution is 0.660. The van der Waals surface area contributed by atoms with Crippen LogP contribution in [0.3, 0.4) is 0 Å². The third-order valence-electron chi connectivity index (χ3n) is 14.4. The first-order valence-corrected chi connectivity index (χ1v) is 21.5. The Morgan fingerprint density at radius 1 is 0.492 bits per heavy atom. The Morgan fingerprint density at radius 2 is 0.983 bits per heavy atom. The molecule has 7 aromatic rings. The molecule has 1 spiro atoms. The minimum atomic E-state index is -0.497. The molecule has 0 bridgehead atoms. The maximum Gasteiger partial charge on any atom is 0.0742 e. The molecule has 0 aromatic heterocycles. The van der Waals surface area contributed by atoms with Crippen LogP contribution in [0.5, 0.6) is 0 Å². The monoisotopic (exact) mass is 761 g/mol. The molecule has 0 heterocycles. The SMILES string of the molecule is CCC1=C(C=C(C)C)C2(c3cc(C)ccc31)c1ccccc1-c1cccc(N(c3ccc4c(c3)C(C)(C)c3ccccc3-4)c3ccc4c(c3)C(C)(C)c3ccccc3-4)c12. The number of allylic oxidation sites excluding steroid dienone is 4. The van der Waals surface area contributed by atoms with Gasteiger partial charge < -0.3 is 4.90 Å². The molecule has 0 amide bonds. The quantitative estimate of drug-likeness (QED) is 0.169. The van der Waals surface area contributed by atoms with Gasteiger partial charge in [0.05, 0.1) is 11.1 Å². The van der Waals surface area contributed by atoms with Gasteiger partial charge in [0.15, 0.2) is 0 Å². The number of nitrogens with zero attached hydrogens (tertiary/aromatic N) is 1. The number of aryl methyl sites for hydroxylation is 1. The van der Waals surface area contributed by atoms with Crippen molar-refractivity contribution >= 4 is 22.6 Å². The molecule has 0 fully saturated rings. The Labute approximate surface area is 350 Å². The molecule has 0 radical (unpaired) electrons. The maximum absolute atomic E-state index is 2.62. The summed E-state index contributed by atoms with van der Waals surface area (Å²) in [4.78, 5) is 2.62. The second-order valence-electron chi connectivity index (χ2n) is 18.6. The highest BCUT2D eigenvalue weighted by molar-refractivity contribution is 6.01. The molecule has 59 heavy (non-hydrogen) atoms. The average Bonchev–Trinajstić information content (AvgIpc) is 3.85. The zero-order valence-electron chi connectivity index (χ0n) is 35.6. The first-order valence-electron chi connectivity index (χ1n) is 21.5. The summed E-state index contributed by atoms with van der Waals surface area (Å²) in [5.41, 5.74) is 27.4. The summed E-state index contributed by atoms with van der Waals surface area (Å²) in [6.45, 7) is 18.7. The van der Waals surface area contributed by atoms with Crippen LogP contribution >= 0.6 is 0 Å². The molecular formula is C58H51N. The van der Waals surface area contributed by atoms with E-state index in [-0.39, 0.29) is 10.8 Å². The average molecular weight is 762 g/mol. The molecule has 0 aliphatic heterocycles. The second-order valence-corrected chi connectivity index (χ2v) is 18.6. The minimum absolute atomic E-state index is 0.136. The molecule has 0 N–H and O–H groups in total. The summed E-state index contributed by atoms with van der Waals surface area (Å²) in [5.74, 6) is 0. The first kappa shape index (κ1) is 35.9. The molecule has 7 aromatic carbocycles. The summed E-state index contributed by atoms with van der Waals surface area (Å²) in [6, 6.07) is 56.1. The fourth-order valence-electron chi connectivity index (χ4n) is 11.8. The van der Waals surface area contributed by atoms with Crippen molar-refractivity contribution in [2.45, 2.75) is 78.1 Å². The molecule has 4 aliphatic carbocycles. The highest BCUT2D eigenvalue weighted by atomic mass is 15.1. The van der Waals surface area contributed by atoms with Crippen molar-refractivity contribution in [2.75, 3.05) is 4.90 Å². The molecule has 1 unspecified atom stereocenters. The van der Waals surface area contributed by atoms with Crippen LogP contribution in [-0.2, 0) is 16.2 Å². The zero-order chi connectivity index (χ0) is 40.6. The van der Waals surface area contributed by atoms with Crippen molar-refractivity contribution in [1.82, 2.24) is 0 Å². The Bertz CT molecular complexity index is 2910. The van der Waals surface area contributed by atoms with Crippen LogP contribution in [0.2, 0.25) is 0 Å². The molecule has 288 valence electrons. The standard InChI is InChI=1S/C58H51N/c1-9-39-43-28-25-36(4)32-53(43)58(52(39)31-35(2)3)49-23-15-12-19-42(49)46-20-16-24-54(55(46)58)59(37-26-29-44-40-17-10-13-21-47(40)56(5,6)50(44)33-37)38-27-30-45-41-18-11-14-22-48(41)57(7,8)51(45)34-38/h10-34H,9H2,1-8H3. The fraction of sp³-hybridized carbons (Fsp3) is 0.207. The zero-order valence-corrected chi connectivity index (χ0v) is 35.6. The predicted octanol–water partition coefficient (Wildman–Crippen LogP) is 15.5.